The van der Waals surface area contributed by atoms with Gasteiger partial charge in [0.2, 0.25) is 5.28 Å². The van der Waals surface area contributed by atoms with Gasteiger partial charge in [-0.05, 0) is 34.9 Å². The number of thiophene rings is 1. The quantitative estimate of drug-likeness (QED) is 0.317. The molecule has 26 heavy (non-hydrogen) atoms. The standard InChI is InChI=1S/C22H13ClN2S/c23-22-24-13-12-19(25-22)15-10-8-14(9-11-15)16-5-3-6-18-17-4-1-2-7-20(17)26-21(16)18/h1-13H. The molecule has 5 aromatic rings. The monoisotopic (exact) mass is 372 g/mol. The Hall–Kier alpha value is -2.75. The molecule has 0 amide bonds. The first-order valence-corrected chi connectivity index (χ1v) is 9.49. The minimum atomic E-state index is 0.265. The van der Waals surface area contributed by atoms with Gasteiger partial charge in [0.15, 0.2) is 0 Å². The Labute approximate surface area is 159 Å². The summed E-state index contributed by atoms with van der Waals surface area (Å²) in [6.07, 6.45) is 1.68. The molecular weight excluding hydrogens is 360 g/mol. The Morgan fingerprint density at radius 1 is 0.731 bits per heavy atom. The van der Waals surface area contributed by atoms with Gasteiger partial charge in [0, 0.05) is 31.9 Å². The predicted octanol–water partition coefficient (Wildman–Crippen LogP) is 6.83. The molecule has 3 aromatic carbocycles. The normalized spacial score (nSPS) is 11.3. The zero-order chi connectivity index (χ0) is 17.5. The fraction of sp³-hybridized carbons (Fsp3) is 0. The van der Waals surface area contributed by atoms with E-state index >= 15 is 0 Å². The first-order valence-electron chi connectivity index (χ1n) is 8.29. The fourth-order valence-corrected chi connectivity index (χ4v) is 4.68. The summed E-state index contributed by atoms with van der Waals surface area (Å²) in [5.74, 6) is 0. The SMILES string of the molecule is Clc1nccc(-c2ccc(-c3cccc4c3sc3ccccc34)cc2)n1. The second-order valence-corrected chi connectivity index (χ2v) is 7.46. The molecule has 0 aliphatic rings. The molecule has 2 nitrogen and oxygen atoms in total. The molecule has 0 N–H and O–H groups in total. The van der Waals surface area contributed by atoms with Crippen molar-refractivity contribution in [3.05, 3.63) is 84.3 Å². The molecule has 0 saturated carbocycles. The van der Waals surface area contributed by atoms with Crippen LogP contribution < -0.4 is 0 Å². The van der Waals surface area contributed by atoms with E-state index in [0.29, 0.717) is 0 Å². The first-order chi connectivity index (χ1) is 12.8. The minimum absolute atomic E-state index is 0.265. The number of halogens is 1. The van der Waals surface area contributed by atoms with Crippen LogP contribution in [0.3, 0.4) is 0 Å². The topological polar surface area (TPSA) is 25.8 Å². The molecule has 4 heteroatoms. The average molecular weight is 373 g/mol. The summed E-state index contributed by atoms with van der Waals surface area (Å²) in [6, 6.07) is 25.4. The lowest BCUT2D eigenvalue weighted by Gasteiger charge is -2.06. The van der Waals surface area contributed by atoms with Gasteiger partial charge in [-0.1, -0.05) is 60.7 Å². The third-order valence-electron chi connectivity index (χ3n) is 4.52. The minimum Gasteiger partial charge on any atom is -0.226 e. The van der Waals surface area contributed by atoms with E-state index in [4.69, 9.17) is 11.6 Å². The lowest BCUT2D eigenvalue weighted by atomic mass is 10.0. The second-order valence-electron chi connectivity index (χ2n) is 6.07. The van der Waals surface area contributed by atoms with Crippen molar-refractivity contribution in [2.75, 3.05) is 0 Å². The van der Waals surface area contributed by atoms with Crippen molar-refractivity contribution < 1.29 is 0 Å². The zero-order valence-corrected chi connectivity index (χ0v) is 15.3. The van der Waals surface area contributed by atoms with Gasteiger partial charge in [-0.15, -0.1) is 11.3 Å². The average Bonchev–Trinajstić information content (AvgIpc) is 3.07. The summed E-state index contributed by atoms with van der Waals surface area (Å²) < 4.78 is 2.65. The van der Waals surface area contributed by atoms with Crippen molar-refractivity contribution in [2.24, 2.45) is 0 Å². The molecule has 0 spiro atoms. The van der Waals surface area contributed by atoms with Crippen LogP contribution in [0.1, 0.15) is 0 Å². The van der Waals surface area contributed by atoms with Gasteiger partial charge in [0.25, 0.3) is 0 Å². The van der Waals surface area contributed by atoms with Crippen molar-refractivity contribution in [1.29, 1.82) is 0 Å². The van der Waals surface area contributed by atoms with Crippen LogP contribution in [0.25, 0.3) is 42.6 Å². The molecule has 2 heterocycles. The molecule has 0 saturated heterocycles. The van der Waals surface area contributed by atoms with E-state index in [1.165, 1.54) is 31.3 Å². The number of fused-ring (bicyclic) bond motifs is 3. The predicted molar refractivity (Wildman–Crippen MR) is 111 cm³/mol. The highest BCUT2D eigenvalue weighted by Gasteiger charge is 2.10. The molecule has 124 valence electrons. The Bertz CT molecular complexity index is 1240. The first kappa shape index (κ1) is 15.5. The third kappa shape index (κ3) is 2.57. The van der Waals surface area contributed by atoms with Crippen molar-refractivity contribution in [2.45, 2.75) is 0 Å². The number of aromatic nitrogens is 2. The molecule has 0 atom stereocenters. The highest BCUT2D eigenvalue weighted by Crippen LogP contribution is 2.39. The van der Waals surface area contributed by atoms with Crippen LogP contribution in [0, 0.1) is 0 Å². The summed E-state index contributed by atoms with van der Waals surface area (Å²) in [5, 5.41) is 2.90. The van der Waals surface area contributed by atoms with E-state index < -0.39 is 0 Å². The van der Waals surface area contributed by atoms with E-state index in [-0.39, 0.29) is 5.28 Å². The van der Waals surface area contributed by atoms with E-state index in [1.807, 2.05) is 17.4 Å². The van der Waals surface area contributed by atoms with Crippen LogP contribution >= 0.6 is 22.9 Å². The molecule has 2 aromatic heterocycles. The molecule has 0 aliphatic carbocycles. The van der Waals surface area contributed by atoms with Crippen molar-refractivity contribution in [1.82, 2.24) is 9.97 Å². The maximum absolute atomic E-state index is 5.91. The fourth-order valence-electron chi connectivity index (χ4n) is 3.29. The number of hydrogen-bond acceptors (Lipinski definition) is 3. The van der Waals surface area contributed by atoms with Crippen LogP contribution in [0.15, 0.2) is 79.0 Å². The highest BCUT2D eigenvalue weighted by molar-refractivity contribution is 7.26. The molecular formula is C22H13ClN2S. The summed E-state index contributed by atoms with van der Waals surface area (Å²) in [6.45, 7) is 0. The molecule has 0 radical (unpaired) electrons. The van der Waals surface area contributed by atoms with Crippen molar-refractivity contribution in [3.63, 3.8) is 0 Å². The maximum Gasteiger partial charge on any atom is 0.222 e. The zero-order valence-electron chi connectivity index (χ0n) is 13.7. The van der Waals surface area contributed by atoms with Gasteiger partial charge < -0.3 is 0 Å². The summed E-state index contributed by atoms with van der Waals surface area (Å²) in [4.78, 5) is 8.22. The summed E-state index contributed by atoms with van der Waals surface area (Å²) in [7, 11) is 0. The van der Waals surface area contributed by atoms with E-state index in [2.05, 4.69) is 76.7 Å². The smallest absolute Gasteiger partial charge is 0.222 e. The van der Waals surface area contributed by atoms with E-state index in [0.717, 1.165) is 11.3 Å². The third-order valence-corrected chi connectivity index (χ3v) is 5.92. The van der Waals surface area contributed by atoms with E-state index in [1.54, 1.807) is 6.20 Å². The van der Waals surface area contributed by atoms with Crippen molar-refractivity contribution in [3.8, 4) is 22.4 Å². The maximum atomic E-state index is 5.91. The van der Waals surface area contributed by atoms with Crippen molar-refractivity contribution >= 4 is 43.1 Å². The largest absolute Gasteiger partial charge is 0.226 e. The van der Waals surface area contributed by atoms with Crippen LogP contribution in [0.4, 0.5) is 0 Å². The van der Waals surface area contributed by atoms with Gasteiger partial charge in [-0.25, -0.2) is 9.97 Å². The summed E-state index contributed by atoms with van der Waals surface area (Å²) >= 11 is 7.75. The molecule has 0 fully saturated rings. The summed E-state index contributed by atoms with van der Waals surface area (Å²) in [5.41, 5.74) is 4.32. The van der Waals surface area contributed by atoms with Gasteiger partial charge in [-0.2, -0.15) is 0 Å². The molecule has 0 aliphatic heterocycles. The van der Waals surface area contributed by atoms with Crippen LogP contribution in [0.2, 0.25) is 5.28 Å². The van der Waals surface area contributed by atoms with Crippen LogP contribution in [0.5, 0.6) is 0 Å². The van der Waals surface area contributed by atoms with Crippen LogP contribution in [-0.4, -0.2) is 9.97 Å². The molecule has 0 unspecified atom stereocenters. The second kappa shape index (κ2) is 6.20. The molecule has 5 rings (SSSR count). The van der Waals surface area contributed by atoms with Gasteiger partial charge >= 0.3 is 0 Å². The Morgan fingerprint density at radius 2 is 1.50 bits per heavy atom. The Balaban J connectivity index is 1.64. The lowest BCUT2D eigenvalue weighted by Crippen LogP contribution is -1.86. The Kier molecular flexibility index (Phi) is 3.70. The number of nitrogens with zero attached hydrogens (tertiary/aromatic N) is 2. The van der Waals surface area contributed by atoms with Gasteiger partial charge in [-0.3, -0.25) is 0 Å². The lowest BCUT2D eigenvalue weighted by molar-refractivity contribution is 1.17. The number of hydrogen-bond donors (Lipinski definition) is 0. The number of rotatable bonds is 2. The van der Waals surface area contributed by atoms with Crippen LogP contribution in [-0.2, 0) is 0 Å². The highest BCUT2D eigenvalue weighted by atomic mass is 35.5. The molecule has 0 bridgehead atoms. The number of benzene rings is 3. The van der Waals surface area contributed by atoms with Gasteiger partial charge in [0.05, 0.1) is 5.69 Å². The van der Waals surface area contributed by atoms with E-state index in [9.17, 15) is 0 Å². The van der Waals surface area contributed by atoms with Gasteiger partial charge in [0.1, 0.15) is 0 Å². The Morgan fingerprint density at radius 3 is 2.35 bits per heavy atom.